The number of benzene rings is 2. The van der Waals surface area contributed by atoms with Gasteiger partial charge in [0.15, 0.2) is 0 Å². The highest BCUT2D eigenvalue weighted by atomic mass is 32.2. The molecule has 2 aromatic heterocycles. The maximum absolute atomic E-state index is 15.4. The van der Waals surface area contributed by atoms with E-state index >= 15 is 4.39 Å². The van der Waals surface area contributed by atoms with Crippen LogP contribution in [0.3, 0.4) is 0 Å². The largest absolute Gasteiger partial charge is 0.598 e. The molecule has 0 bridgehead atoms. The molecule has 1 unspecified atom stereocenters. The number of amidine groups is 1. The summed E-state index contributed by atoms with van der Waals surface area (Å²) >= 11 is -1.49. The molecule has 2 aromatic carbocycles. The molecule has 1 aliphatic carbocycles. The van der Waals surface area contributed by atoms with Crippen molar-refractivity contribution in [3.63, 3.8) is 0 Å². The summed E-state index contributed by atoms with van der Waals surface area (Å²) in [5.74, 6) is -0.864. The Hall–Kier alpha value is -4.10. The third-order valence-electron chi connectivity index (χ3n) is 7.86. The molecule has 0 aliphatic heterocycles. The van der Waals surface area contributed by atoms with Crippen molar-refractivity contribution >= 4 is 28.8 Å². The van der Waals surface area contributed by atoms with Crippen LogP contribution in [-0.4, -0.2) is 41.0 Å². The number of nitrogens with zero attached hydrogens (tertiary/aromatic N) is 3. The van der Waals surface area contributed by atoms with Crippen molar-refractivity contribution in [2.24, 2.45) is 5.92 Å². The minimum absolute atomic E-state index is 0.0362. The Morgan fingerprint density at radius 1 is 1.13 bits per heavy atom. The number of carbonyl (C=O) groups excluding carboxylic acids is 1. The van der Waals surface area contributed by atoms with Crippen LogP contribution < -0.4 is 15.5 Å². The second kappa shape index (κ2) is 13.1. The summed E-state index contributed by atoms with van der Waals surface area (Å²) in [7, 11) is 0. The van der Waals surface area contributed by atoms with Crippen molar-refractivity contribution < 1.29 is 18.9 Å². The van der Waals surface area contributed by atoms with Crippen LogP contribution in [0.5, 0.6) is 0 Å². The number of anilines is 1. The molecule has 12 heteroatoms. The maximum atomic E-state index is 15.4. The molecule has 2 atom stereocenters. The van der Waals surface area contributed by atoms with E-state index in [4.69, 9.17) is 10.6 Å². The number of aryl methyl sites for hydroxylation is 1. The maximum Gasteiger partial charge on any atom is 0.274 e. The van der Waals surface area contributed by atoms with Gasteiger partial charge >= 0.3 is 0 Å². The van der Waals surface area contributed by atoms with Crippen molar-refractivity contribution in [2.75, 3.05) is 5.32 Å². The zero-order valence-corrected chi connectivity index (χ0v) is 26.5. The number of aromatic nitrogens is 3. The summed E-state index contributed by atoms with van der Waals surface area (Å²) in [6, 6.07) is 16.5. The number of carbonyl (C=O) groups is 1. The lowest BCUT2D eigenvalue weighted by atomic mass is 9.80. The fourth-order valence-corrected chi connectivity index (χ4v) is 6.13. The highest BCUT2D eigenvalue weighted by molar-refractivity contribution is 7.90. The highest BCUT2D eigenvalue weighted by Gasteiger charge is 2.43. The van der Waals surface area contributed by atoms with Crippen LogP contribution in [0.2, 0.25) is 0 Å². The van der Waals surface area contributed by atoms with Gasteiger partial charge in [-0.1, -0.05) is 37.1 Å². The summed E-state index contributed by atoms with van der Waals surface area (Å²) in [5.41, 5.74) is 3.82. The average molecular weight is 632 g/mol. The lowest BCUT2D eigenvalue weighted by Crippen LogP contribution is -2.52. The molecule has 236 valence electrons. The molecule has 0 spiro atoms. The molecule has 1 aliphatic rings. The zero-order valence-electron chi connectivity index (χ0n) is 25.7. The van der Waals surface area contributed by atoms with Crippen LogP contribution in [0.25, 0.3) is 5.69 Å². The van der Waals surface area contributed by atoms with Gasteiger partial charge in [0.2, 0.25) is 0 Å². The predicted molar refractivity (Wildman–Crippen MR) is 172 cm³/mol. The molecule has 10 nitrogen and oxygen atoms in total. The van der Waals surface area contributed by atoms with E-state index in [1.807, 2.05) is 38.4 Å². The van der Waals surface area contributed by atoms with Crippen LogP contribution in [0.1, 0.15) is 79.3 Å². The van der Waals surface area contributed by atoms with E-state index in [1.165, 1.54) is 10.7 Å². The summed E-state index contributed by atoms with van der Waals surface area (Å²) in [4.78, 5) is 18.1. The smallest absolute Gasteiger partial charge is 0.274 e. The number of pyridine rings is 1. The SMILES string of the molecule is Cc1cc(C(=O)Nc2cc(C(CCC3CC3)(N[S@+]([O-])C(C)(C)C)c3cccnc3)ccc2F)n(-c2cccc(C(=N)NO)c2)n1. The number of hydroxylamine groups is 1. The highest BCUT2D eigenvalue weighted by Crippen LogP contribution is 2.43. The van der Waals surface area contributed by atoms with Gasteiger partial charge in [0, 0.05) is 29.3 Å². The van der Waals surface area contributed by atoms with Crippen molar-refractivity contribution in [2.45, 2.75) is 63.7 Å². The lowest BCUT2D eigenvalue weighted by Gasteiger charge is -2.38. The van der Waals surface area contributed by atoms with Gasteiger partial charge in [-0.25, -0.2) is 9.07 Å². The lowest BCUT2D eigenvalue weighted by molar-refractivity contribution is 0.101. The Kier molecular flexibility index (Phi) is 9.40. The quantitative estimate of drug-likeness (QED) is 0.0611. The number of halogens is 1. The number of rotatable bonds is 11. The normalized spacial score (nSPS) is 15.3. The molecule has 1 fully saturated rings. The second-order valence-corrected chi connectivity index (χ2v) is 14.3. The van der Waals surface area contributed by atoms with Crippen LogP contribution in [0, 0.1) is 24.1 Å². The fraction of sp³-hybridized carbons (Fsp3) is 0.333. The Morgan fingerprint density at radius 3 is 2.58 bits per heavy atom. The van der Waals surface area contributed by atoms with Gasteiger partial charge < -0.3 is 9.87 Å². The van der Waals surface area contributed by atoms with Gasteiger partial charge in [-0.05, 0) is 94.0 Å². The van der Waals surface area contributed by atoms with E-state index in [2.05, 4.69) is 20.1 Å². The van der Waals surface area contributed by atoms with E-state index in [0.29, 0.717) is 34.8 Å². The minimum atomic E-state index is -1.49. The molecule has 2 heterocycles. The van der Waals surface area contributed by atoms with Crippen LogP contribution in [-0.2, 0) is 16.9 Å². The first-order valence-electron chi connectivity index (χ1n) is 14.8. The summed E-state index contributed by atoms with van der Waals surface area (Å²) in [5, 5.41) is 24.2. The summed E-state index contributed by atoms with van der Waals surface area (Å²) < 4.78 is 33.3. The first kappa shape index (κ1) is 32.3. The Bertz CT molecular complexity index is 1690. The molecule has 0 saturated heterocycles. The van der Waals surface area contributed by atoms with Crippen LogP contribution in [0.15, 0.2) is 73.1 Å². The number of amides is 1. The molecule has 5 rings (SSSR count). The fourth-order valence-electron chi connectivity index (χ4n) is 5.17. The van der Waals surface area contributed by atoms with Crippen LogP contribution >= 0.6 is 0 Å². The Labute approximate surface area is 265 Å². The Balaban J connectivity index is 1.54. The molecular weight excluding hydrogens is 593 g/mol. The van der Waals surface area contributed by atoms with E-state index in [9.17, 15) is 9.35 Å². The molecule has 4 aromatic rings. The van der Waals surface area contributed by atoms with Gasteiger partial charge in [-0.15, -0.1) is 4.72 Å². The average Bonchev–Trinajstić information content (AvgIpc) is 3.78. The Morgan fingerprint density at radius 2 is 1.91 bits per heavy atom. The third kappa shape index (κ3) is 7.25. The van der Waals surface area contributed by atoms with Gasteiger partial charge in [-0.2, -0.15) is 5.10 Å². The van der Waals surface area contributed by atoms with Gasteiger partial charge in [0.25, 0.3) is 5.91 Å². The van der Waals surface area contributed by atoms with Gasteiger partial charge in [0.05, 0.1) is 17.1 Å². The van der Waals surface area contributed by atoms with E-state index in [1.54, 1.807) is 61.8 Å². The number of hydrogen-bond donors (Lipinski definition) is 5. The molecule has 1 amide bonds. The molecule has 45 heavy (non-hydrogen) atoms. The van der Waals surface area contributed by atoms with Crippen molar-refractivity contribution in [3.8, 4) is 5.69 Å². The minimum Gasteiger partial charge on any atom is -0.598 e. The standard InChI is InChI=1S/C33H38FN7O3S/c1-21-17-29(41(38-21)26-9-5-7-23(18-26)30(35)39-43)31(42)37-28-19-24(12-13-27(28)34)33(15-14-22-10-11-22,25-8-6-16-36-20-25)40-45(44)32(2,3)4/h5-9,12-13,16-20,22,40,43H,10-11,14-15H2,1-4H3,(H2,35,39)(H,37,42)/t33?,45-/m1/s1. The topological polar surface area (TPSA) is 151 Å². The number of hydrogen-bond acceptors (Lipinski definition) is 7. The monoisotopic (exact) mass is 631 g/mol. The zero-order chi connectivity index (χ0) is 32.4. The van der Waals surface area contributed by atoms with Crippen molar-refractivity contribution in [1.82, 2.24) is 25.0 Å². The number of nitrogens with one attached hydrogen (secondary N) is 4. The molecular formula is C33H38FN7O3S. The van der Waals surface area contributed by atoms with Crippen molar-refractivity contribution in [3.05, 3.63) is 107 Å². The summed E-state index contributed by atoms with van der Waals surface area (Å²) in [6.07, 6.45) is 7.18. The van der Waals surface area contributed by atoms with E-state index < -0.39 is 33.4 Å². The van der Waals surface area contributed by atoms with E-state index in [0.717, 1.165) is 24.8 Å². The first-order valence-corrected chi connectivity index (χ1v) is 15.9. The van der Waals surface area contributed by atoms with E-state index in [-0.39, 0.29) is 17.2 Å². The predicted octanol–water partition coefficient (Wildman–Crippen LogP) is 5.76. The van der Waals surface area contributed by atoms with Crippen LogP contribution in [0.4, 0.5) is 10.1 Å². The third-order valence-corrected chi connectivity index (χ3v) is 9.51. The second-order valence-electron chi connectivity index (χ2n) is 12.4. The molecule has 5 N–H and O–H groups in total. The summed E-state index contributed by atoms with van der Waals surface area (Å²) in [6.45, 7) is 7.42. The van der Waals surface area contributed by atoms with Crippen molar-refractivity contribution in [1.29, 1.82) is 5.41 Å². The molecule has 1 saturated carbocycles. The first-order chi connectivity index (χ1) is 21.4. The van der Waals surface area contributed by atoms with Gasteiger partial charge in [-0.3, -0.25) is 25.9 Å². The van der Waals surface area contributed by atoms with Gasteiger partial charge in [0.1, 0.15) is 27.6 Å². The molecule has 0 radical (unpaired) electrons.